The Labute approximate surface area is 175 Å². The number of halogens is 1. The molecule has 0 saturated heterocycles. The largest absolute Gasteiger partial charge is 0.357 e. The van der Waals surface area contributed by atoms with Crippen molar-refractivity contribution in [2.75, 3.05) is 5.75 Å². The molecular weight excluding hydrogens is 398 g/mol. The van der Waals surface area contributed by atoms with Gasteiger partial charge in [-0.1, -0.05) is 54.1 Å². The normalized spacial score (nSPS) is 12.1. The maximum absolute atomic E-state index is 12.2. The predicted molar refractivity (Wildman–Crippen MR) is 119 cm³/mol. The van der Waals surface area contributed by atoms with Gasteiger partial charge in [0.05, 0.1) is 11.0 Å². The Bertz CT molecular complexity index is 761. The summed E-state index contributed by atoms with van der Waals surface area (Å²) < 4.78 is 0. The van der Waals surface area contributed by atoms with E-state index < -0.39 is 0 Å². The van der Waals surface area contributed by atoms with Gasteiger partial charge in [-0.05, 0) is 56.2 Å². The molecule has 0 radical (unpaired) electrons. The van der Waals surface area contributed by atoms with E-state index in [0.29, 0.717) is 10.1 Å². The second-order valence-corrected chi connectivity index (χ2v) is 8.97. The van der Waals surface area contributed by atoms with E-state index >= 15 is 0 Å². The van der Waals surface area contributed by atoms with E-state index in [1.165, 1.54) is 0 Å². The number of hydrogen-bond donors (Lipinski definition) is 3. The van der Waals surface area contributed by atoms with E-state index in [1.807, 2.05) is 63.2 Å². The molecule has 2 rings (SSSR count). The van der Waals surface area contributed by atoms with E-state index in [2.05, 4.69) is 28.3 Å². The second-order valence-electron chi connectivity index (χ2n) is 7.03. The lowest BCUT2D eigenvalue weighted by molar-refractivity contribution is -0.119. The summed E-state index contributed by atoms with van der Waals surface area (Å²) in [6.45, 7) is 5.99. The third-order valence-corrected chi connectivity index (χ3v) is 5.22. The molecule has 2 aromatic carbocycles. The topological polar surface area (TPSA) is 53.2 Å². The van der Waals surface area contributed by atoms with Crippen molar-refractivity contribution in [3.8, 4) is 0 Å². The number of carbonyl (C=O) groups excluding carboxylic acids is 1. The first-order valence-electron chi connectivity index (χ1n) is 8.53. The van der Waals surface area contributed by atoms with Crippen molar-refractivity contribution in [3.63, 3.8) is 0 Å². The lowest BCUT2D eigenvalue weighted by atomic mass is 10.0. The Balaban J connectivity index is 1.97. The summed E-state index contributed by atoms with van der Waals surface area (Å²) in [6.07, 6.45) is 0. The van der Waals surface area contributed by atoms with Gasteiger partial charge in [0.1, 0.15) is 0 Å². The molecule has 7 heteroatoms. The highest BCUT2D eigenvalue weighted by molar-refractivity contribution is 8.00. The van der Waals surface area contributed by atoms with Crippen molar-refractivity contribution in [2.45, 2.75) is 31.6 Å². The van der Waals surface area contributed by atoms with Crippen LogP contribution in [0.1, 0.15) is 37.1 Å². The molecule has 144 valence electrons. The minimum Gasteiger partial charge on any atom is -0.357 e. The van der Waals surface area contributed by atoms with Crippen LogP contribution in [0.25, 0.3) is 0 Å². The molecule has 0 aliphatic rings. The zero-order chi connectivity index (χ0) is 19.9. The van der Waals surface area contributed by atoms with Gasteiger partial charge in [0.25, 0.3) is 0 Å². The Morgan fingerprint density at radius 1 is 1.04 bits per heavy atom. The van der Waals surface area contributed by atoms with Crippen molar-refractivity contribution in [1.29, 1.82) is 0 Å². The number of hydrazine groups is 1. The van der Waals surface area contributed by atoms with Crippen LogP contribution in [-0.2, 0) is 4.79 Å². The fraction of sp³-hybridized carbons (Fsp3) is 0.300. The summed E-state index contributed by atoms with van der Waals surface area (Å²) in [5, 5.41) is 4.20. The van der Waals surface area contributed by atoms with E-state index in [4.69, 9.17) is 23.8 Å². The van der Waals surface area contributed by atoms with Crippen LogP contribution in [-0.4, -0.2) is 22.3 Å². The number of benzene rings is 2. The summed E-state index contributed by atoms with van der Waals surface area (Å²) in [6, 6.07) is 17.8. The SMILES string of the molecule is CC(C)(C)NC(=S)NNC(=O)CS[C@H](c1ccccc1)c1ccc(Cl)cc1. The molecule has 0 unspecified atom stereocenters. The summed E-state index contributed by atoms with van der Waals surface area (Å²) in [7, 11) is 0. The highest BCUT2D eigenvalue weighted by atomic mass is 35.5. The van der Waals surface area contributed by atoms with Crippen molar-refractivity contribution in [1.82, 2.24) is 16.2 Å². The third-order valence-electron chi connectivity index (χ3n) is 3.46. The van der Waals surface area contributed by atoms with E-state index in [9.17, 15) is 4.79 Å². The number of hydrogen-bond acceptors (Lipinski definition) is 3. The van der Waals surface area contributed by atoms with Gasteiger partial charge < -0.3 is 5.32 Å². The highest BCUT2D eigenvalue weighted by Crippen LogP contribution is 2.35. The first kappa shape index (κ1) is 21.5. The average Bonchev–Trinajstić information content (AvgIpc) is 2.61. The molecule has 0 aliphatic carbocycles. The Hall–Kier alpha value is -1.76. The van der Waals surface area contributed by atoms with Gasteiger partial charge in [0.2, 0.25) is 5.91 Å². The number of nitrogens with one attached hydrogen (secondary N) is 3. The van der Waals surface area contributed by atoms with Crippen LogP contribution in [0.2, 0.25) is 5.02 Å². The van der Waals surface area contributed by atoms with Crippen molar-refractivity contribution < 1.29 is 4.79 Å². The summed E-state index contributed by atoms with van der Waals surface area (Å²) in [5.41, 5.74) is 7.44. The van der Waals surface area contributed by atoms with Gasteiger partial charge in [-0.2, -0.15) is 0 Å². The molecule has 0 fully saturated rings. The van der Waals surface area contributed by atoms with Crippen molar-refractivity contribution >= 4 is 46.6 Å². The number of thioether (sulfide) groups is 1. The molecule has 1 atom stereocenters. The second kappa shape index (κ2) is 9.97. The minimum atomic E-state index is -0.170. The fourth-order valence-corrected chi connectivity index (χ4v) is 3.92. The van der Waals surface area contributed by atoms with Crippen LogP contribution in [0.4, 0.5) is 0 Å². The van der Waals surface area contributed by atoms with Gasteiger partial charge in [0, 0.05) is 10.6 Å². The smallest absolute Gasteiger partial charge is 0.248 e. The Morgan fingerprint density at radius 3 is 2.22 bits per heavy atom. The van der Waals surface area contributed by atoms with Crippen LogP contribution < -0.4 is 16.2 Å². The lowest BCUT2D eigenvalue weighted by Crippen LogP contribution is -2.52. The Kier molecular flexibility index (Phi) is 7.95. The first-order valence-corrected chi connectivity index (χ1v) is 10.4. The third kappa shape index (κ3) is 7.79. The van der Waals surface area contributed by atoms with Gasteiger partial charge in [-0.25, -0.2) is 0 Å². The number of rotatable bonds is 5. The number of amides is 1. The number of carbonyl (C=O) groups is 1. The summed E-state index contributed by atoms with van der Waals surface area (Å²) in [5.74, 6) is 0.140. The molecule has 0 aromatic heterocycles. The maximum atomic E-state index is 12.2. The molecule has 0 bridgehead atoms. The molecule has 3 N–H and O–H groups in total. The quantitative estimate of drug-likeness (QED) is 0.491. The van der Waals surface area contributed by atoms with Crippen LogP contribution in [0.15, 0.2) is 54.6 Å². The van der Waals surface area contributed by atoms with Crippen molar-refractivity contribution in [2.24, 2.45) is 0 Å². The van der Waals surface area contributed by atoms with E-state index in [1.54, 1.807) is 11.8 Å². The van der Waals surface area contributed by atoms with Gasteiger partial charge in [-0.15, -0.1) is 11.8 Å². The summed E-state index contributed by atoms with van der Waals surface area (Å²) >= 11 is 12.7. The van der Waals surface area contributed by atoms with Crippen LogP contribution >= 0.6 is 35.6 Å². The number of thiocarbonyl (C=S) groups is 1. The van der Waals surface area contributed by atoms with Crippen LogP contribution in [0.5, 0.6) is 0 Å². The van der Waals surface area contributed by atoms with Crippen molar-refractivity contribution in [3.05, 3.63) is 70.7 Å². The van der Waals surface area contributed by atoms with Gasteiger partial charge in [-0.3, -0.25) is 15.6 Å². The molecule has 2 aromatic rings. The first-order chi connectivity index (χ1) is 12.7. The molecule has 0 spiro atoms. The van der Waals surface area contributed by atoms with Crippen LogP contribution in [0.3, 0.4) is 0 Å². The molecule has 0 saturated carbocycles. The fourth-order valence-electron chi connectivity index (χ4n) is 2.34. The minimum absolute atomic E-state index is 0.0360. The molecule has 0 heterocycles. The average molecular weight is 422 g/mol. The summed E-state index contributed by atoms with van der Waals surface area (Å²) in [4.78, 5) is 12.2. The molecular formula is C20H24ClN3OS2. The van der Waals surface area contributed by atoms with Gasteiger partial charge >= 0.3 is 0 Å². The van der Waals surface area contributed by atoms with E-state index in [0.717, 1.165) is 11.1 Å². The lowest BCUT2D eigenvalue weighted by Gasteiger charge is -2.23. The molecule has 1 amide bonds. The zero-order valence-corrected chi connectivity index (χ0v) is 18.0. The maximum Gasteiger partial charge on any atom is 0.248 e. The van der Waals surface area contributed by atoms with Gasteiger partial charge in [0.15, 0.2) is 5.11 Å². The zero-order valence-electron chi connectivity index (χ0n) is 15.6. The Morgan fingerprint density at radius 2 is 1.63 bits per heavy atom. The monoisotopic (exact) mass is 421 g/mol. The van der Waals surface area contributed by atoms with E-state index in [-0.39, 0.29) is 22.4 Å². The van der Waals surface area contributed by atoms with Crippen LogP contribution in [0, 0.1) is 0 Å². The molecule has 0 aliphatic heterocycles. The highest BCUT2D eigenvalue weighted by Gasteiger charge is 2.17. The molecule has 4 nitrogen and oxygen atoms in total. The predicted octanol–water partition coefficient (Wildman–Crippen LogP) is 4.46. The molecule has 27 heavy (non-hydrogen) atoms. The standard InChI is InChI=1S/C20H24ClN3OS2/c1-20(2,3)22-19(26)24-23-17(25)13-27-18(14-7-5-4-6-8-14)15-9-11-16(21)12-10-15/h4-12,18H,13H2,1-3H3,(H,23,25)(H2,22,24,26)/t18-/m1/s1.